The van der Waals surface area contributed by atoms with Gasteiger partial charge in [0.05, 0.1) is 18.4 Å². The van der Waals surface area contributed by atoms with E-state index in [2.05, 4.69) is 24.1 Å². The summed E-state index contributed by atoms with van der Waals surface area (Å²) in [7, 11) is 1.65. The summed E-state index contributed by atoms with van der Waals surface area (Å²) in [5.74, 6) is 0.884. The molecule has 0 bridgehead atoms. The summed E-state index contributed by atoms with van der Waals surface area (Å²) < 4.78 is 5.16. The third-order valence-corrected chi connectivity index (χ3v) is 3.92. The lowest BCUT2D eigenvalue weighted by Gasteiger charge is -2.21. The van der Waals surface area contributed by atoms with Crippen LogP contribution in [0, 0.1) is 0 Å². The van der Waals surface area contributed by atoms with Crippen molar-refractivity contribution in [2.24, 2.45) is 0 Å². The van der Waals surface area contributed by atoms with E-state index in [1.54, 1.807) is 19.5 Å². The molecule has 1 aromatic heterocycles. The van der Waals surface area contributed by atoms with Crippen molar-refractivity contribution in [3.63, 3.8) is 0 Å². The van der Waals surface area contributed by atoms with Crippen molar-refractivity contribution in [1.82, 2.24) is 9.88 Å². The average Bonchev–Trinajstić information content (AvgIpc) is 2.66. The van der Waals surface area contributed by atoms with Gasteiger partial charge >= 0.3 is 0 Å². The van der Waals surface area contributed by atoms with E-state index in [0.29, 0.717) is 12.1 Å². The molecule has 25 heavy (non-hydrogen) atoms. The smallest absolute Gasteiger partial charge is 0.255 e. The van der Waals surface area contributed by atoms with E-state index < -0.39 is 0 Å². The highest BCUT2D eigenvalue weighted by atomic mass is 16.5. The van der Waals surface area contributed by atoms with Crippen molar-refractivity contribution >= 4 is 11.6 Å². The first-order valence-electron chi connectivity index (χ1n) is 8.79. The Bertz CT molecular complexity index is 665. The summed E-state index contributed by atoms with van der Waals surface area (Å²) in [6.07, 6.45) is 5.28. The number of nitrogens with one attached hydrogen (secondary N) is 1. The summed E-state index contributed by atoms with van der Waals surface area (Å²) in [5.41, 5.74) is 2.60. The normalized spacial score (nSPS) is 10.4. The fourth-order valence-corrected chi connectivity index (χ4v) is 2.64. The Hall–Kier alpha value is -2.56. The number of pyridine rings is 1. The van der Waals surface area contributed by atoms with Crippen LogP contribution in [0.15, 0.2) is 42.7 Å². The van der Waals surface area contributed by atoms with E-state index in [9.17, 15) is 4.79 Å². The highest BCUT2D eigenvalue weighted by molar-refractivity contribution is 5.94. The molecule has 0 atom stereocenters. The Labute approximate surface area is 150 Å². The first-order chi connectivity index (χ1) is 12.2. The maximum Gasteiger partial charge on any atom is 0.255 e. The third-order valence-electron chi connectivity index (χ3n) is 3.92. The molecule has 1 heterocycles. The van der Waals surface area contributed by atoms with E-state index in [1.807, 2.05) is 35.2 Å². The van der Waals surface area contributed by atoms with Gasteiger partial charge in [-0.1, -0.05) is 26.0 Å². The van der Waals surface area contributed by atoms with Gasteiger partial charge in [-0.25, -0.2) is 0 Å². The van der Waals surface area contributed by atoms with Gasteiger partial charge in [0.1, 0.15) is 5.75 Å². The molecule has 0 aliphatic carbocycles. The molecule has 1 N–H and O–H groups in total. The van der Waals surface area contributed by atoms with Gasteiger partial charge < -0.3 is 15.0 Å². The molecule has 1 aromatic carbocycles. The number of amides is 1. The van der Waals surface area contributed by atoms with Gasteiger partial charge in [-0.15, -0.1) is 0 Å². The highest BCUT2D eigenvalue weighted by Gasteiger charge is 2.15. The van der Waals surface area contributed by atoms with Crippen molar-refractivity contribution in [2.45, 2.75) is 33.2 Å². The molecular weight excluding hydrogens is 314 g/mol. The third kappa shape index (κ3) is 5.48. The van der Waals surface area contributed by atoms with Crippen molar-refractivity contribution < 1.29 is 9.53 Å². The van der Waals surface area contributed by atoms with Crippen LogP contribution in [0.2, 0.25) is 0 Å². The Morgan fingerprint density at radius 2 is 1.80 bits per heavy atom. The highest BCUT2D eigenvalue weighted by Crippen LogP contribution is 2.15. The second kappa shape index (κ2) is 9.67. The average molecular weight is 341 g/mol. The van der Waals surface area contributed by atoms with Crippen LogP contribution in [-0.4, -0.2) is 36.0 Å². The number of ether oxygens (including phenoxy) is 1. The number of hydrogen-bond acceptors (Lipinski definition) is 4. The molecule has 2 aromatic rings. The van der Waals surface area contributed by atoms with Crippen molar-refractivity contribution in [3.05, 3.63) is 53.9 Å². The van der Waals surface area contributed by atoms with Gasteiger partial charge in [0, 0.05) is 32.0 Å². The van der Waals surface area contributed by atoms with Gasteiger partial charge in [0.15, 0.2) is 0 Å². The van der Waals surface area contributed by atoms with Gasteiger partial charge in [-0.05, 0) is 36.6 Å². The lowest BCUT2D eigenvalue weighted by Crippen LogP contribution is -2.32. The Balaban J connectivity index is 2.03. The largest absolute Gasteiger partial charge is 0.497 e. The molecule has 0 aliphatic heterocycles. The zero-order valence-corrected chi connectivity index (χ0v) is 15.3. The molecule has 0 fully saturated rings. The molecule has 5 nitrogen and oxygen atoms in total. The van der Waals surface area contributed by atoms with E-state index in [4.69, 9.17) is 4.74 Å². The molecule has 1 amide bonds. The molecule has 2 rings (SSSR count). The summed E-state index contributed by atoms with van der Waals surface area (Å²) >= 11 is 0. The lowest BCUT2D eigenvalue weighted by molar-refractivity contribution is 0.0755. The number of nitrogens with zero attached hydrogens (tertiary/aromatic N) is 2. The molecule has 134 valence electrons. The van der Waals surface area contributed by atoms with Crippen LogP contribution in [0.3, 0.4) is 0 Å². The summed E-state index contributed by atoms with van der Waals surface area (Å²) in [5, 5.41) is 3.32. The van der Waals surface area contributed by atoms with Gasteiger partial charge in [-0.2, -0.15) is 0 Å². The first kappa shape index (κ1) is 18.8. The molecule has 0 saturated carbocycles. The number of anilines is 1. The van der Waals surface area contributed by atoms with Gasteiger partial charge in [0.25, 0.3) is 5.91 Å². The van der Waals surface area contributed by atoms with Crippen LogP contribution in [0.25, 0.3) is 0 Å². The van der Waals surface area contributed by atoms with Crippen LogP contribution in [0.5, 0.6) is 5.75 Å². The van der Waals surface area contributed by atoms with E-state index >= 15 is 0 Å². The summed E-state index contributed by atoms with van der Waals surface area (Å²) in [6.45, 7) is 6.38. The quantitative estimate of drug-likeness (QED) is 0.750. The van der Waals surface area contributed by atoms with Crippen molar-refractivity contribution in [2.75, 3.05) is 25.5 Å². The SMILES string of the molecule is CCCN(CCC)C(=O)c1cncc(NCc2ccc(OC)cc2)c1. The van der Waals surface area contributed by atoms with Crippen LogP contribution in [-0.2, 0) is 6.54 Å². The van der Waals surface area contributed by atoms with Gasteiger partial charge in [0.2, 0.25) is 0 Å². The Morgan fingerprint density at radius 1 is 1.12 bits per heavy atom. The second-order valence-corrected chi connectivity index (χ2v) is 5.96. The number of rotatable bonds is 9. The molecule has 0 spiro atoms. The van der Waals surface area contributed by atoms with Crippen LogP contribution in [0.1, 0.15) is 42.6 Å². The zero-order chi connectivity index (χ0) is 18.1. The minimum atomic E-state index is 0.0456. The van der Waals surface area contributed by atoms with Crippen molar-refractivity contribution in [3.8, 4) is 5.75 Å². The monoisotopic (exact) mass is 341 g/mol. The molecular formula is C20H27N3O2. The van der Waals surface area contributed by atoms with E-state index in [-0.39, 0.29) is 5.91 Å². The number of aromatic nitrogens is 1. The van der Waals surface area contributed by atoms with Crippen molar-refractivity contribution in [1.29, 1.82) is 0 Å². The Morgan fingerprint density at radius 3 is 2.40 bits per heavy atom. The standard InChI is InChI=1S/C20H27N3O2/c1-4-10-23(11-5-2)20(24)17-12-18(15-21-14-17)22-13-16-6-8-19(25-3)9-7-16/h6-9,12,14-15,22H,4-5,10-11,13H2,1-3H3. The number of methoxy groups -OCH3 is 1. The fourth-order valence-electron chi connectivity index (χ4n) is 2.64. The number of carbonyl (C=O) groups excluding carboxylic acids is 1. The number of carbonyl (C=O) groups is 1. The van der Waals surface area contributed by atoms with Crippen LogP contribution >= 0.6 is 0 Å². The molecule has 0 aliphatic rings. The maximum atomic E-state index is 12.7. The number of benzene rings is 1. The minimum Gasteiger partial charge on any atom is -0.497 e. The van der Waals surface area contributed by atoms with E-state index in [1.165, 1.54) is 0 Å². The fraction of sp³-hybridized carbons (Fsp3) is 0.400. The molecule has 0 unspecified atom stereocenters. The Kier molecular flexibility index (Phi) is 7.26. The van der Waals surface area contributed by atoms with E-state index in [0.717, 1.165) is 42.9 Å². The minimum absolute atomic E-state index is 0.0456. The predicted octanol–water partition coefficient (Wildman–Crippen LogP) is 3.96. The number of hydrogen-bond donors (Lipinski definition) is 1. The summed E-state index contributed by atoms with van der Waals surface area (Å²) in [4.78, 5) is 18.8. The summed E-state index contributed by atoms with van der Waals surface area (Å²) in [6, 6.07) is 9.76. The van der Waals surface area contributed by atoms with Gasteiger partial charge in [-0.3, -0.25) is 9.78 Å². The molecule has 0 radical (unpaired) electrons. The predicted molar refractivity (Wildman–Crippen MR) is 101 cm³/mol. The topological polar surface area (TPSA) is 54.5 Å². The van der Waals surface area contributed by atoms with Crippen LogP contribution < -0.4 is 10.1 Å². The first-order valence-corrected chi connectivity index (χ1v) is 8.79. The van der Waals surface area contributed by atoms with Crippen LogP contribution in [0.4, 0.5) is 5.69 Å². The molecule has 5 heteroatoms. The second-order valence-electron chi connectivity index (χ2n) is 5.96. The zero-order valence-electron chi connectivity index (χ0n) is 15.3. The maximum absolute atomic E-state index is 12.7. The molecule has 0 saturated heterocycles. The lowest BCUT2D eigenvalue weighted by atomic mass is 10.2.